The molecule has 1 aliphatic carbocycles. The normalized spacial score (nSPS) is 29.6. The van der Waals surface area contributed by atoms with Crippen molar-refractivity contribution in [1.29, 1.82) is 0 Å². The van der Waals surface area contributed by atoms with Crippen molar-refractivity contribution in [3.05, 3.63) is 35.9 Å². The quantitative estimate of drug-likeness (QED) is 0.781. The molecular weight excluding hydrogens is 334 g/mol. The zero-order valence-corrected chi connectivity index (χ0v) is 15.4. The van der Waals surface area contributed by atoms with Crippen LogP contribution in [0.1, 0.15) is 39.2 Å². The second-order valence-corrected chi connectivity index (χ2v) is 8.21. The van der Waals surface area contributed by atoms with Crippen LogP contribution in [0.25, 0.3) is 0 Å². The topological polar surface area (TPSA) is 68.2 Å². The molecule has 3 aliphatic rings. The van der Waals surface area contributed by atoms with E-state index in [1.54, 1.807) is 4.90 Å². The van der Waals surface area contributed by atoms with Crippen molar-refractivity contribution in [3.8, 4) is 11.5 Å². The smallest absolute Gasteiger partial charge is 0.410 e. The minimum atomic E-state index is -0.565. The number of amides is 1. The molecular formula is C20H25NO5. The van der Waals surface area contributed by atoms with Gasteiger partial charge in [0.05, 0.1) is 12.1 Å². The number of fused-ring (bicyclic) bond motifs is 2. The van der Waals surface area contributed by atoms with Gasteiger partial charge in [0.25, 0.3) is 0 Å². The van der Waals surface area contributed by atoms with Crippen LogP contribution >= 0.6 is 0 Å². The van der Waals surface area contributed by atoms with Crippen LogP contribution in [-0.2, 0) is 10.2 Å². The molecule has 0 bridgehead atoms. The first-order valence-electron chi connectivity index (χ1n) is 9.06. The highest BCUT2D eigenvalue weighted by Gasteiger charge is 2.51. The third kappa shape index (κ3) is 2.82. The molecule has 0 radical (unpaired) electrons. The van der Waals surface area contributed by atoms with E-state index in [4.69, 9.17) is 14.2 Å². The summed E-state index contributed by atoms with van der Waals surface area (Å²) in [6.07, 6.45) is 4.26. The molecule has 140 valence electrons. The van der Waals surface area contributed by atoms with Gasteiger partial charge in [-0.3, -0.25) is 0 Å². The average Bonchev–Trinajstić information content (AvgIpc) is 3.17. The van der Waals surface area contributed by atoms with Crippen LogP contribution in [0.4, 0.5) is 4.79 Å². The SMILES string of the molecule is CC(C)(C)OC(=O)N1CC[C@]2(c3ccc4c(c3)OCO4)C=C[C@@H](O)C[C@H]12. The molecule has 2 aliphatic heterocycles. The van der Waals surface area contributed by atoms with Crippen LogP contribution in [0.2, 0.25) is 0 Å². The minimum Gasteiger partial charge on any atom is -0.454 e. The molecule has 0 aromatic heterocycles. The third-order valence-electron chi connectivity index (χ3n) is 5.36. The summed E-state index contributed by atoms with van der Waals surface area (Å²) in [5.41, 5.74) is 0.169. The van der Waals surface area contributed by atoms with E-state index in [-0.39, 0.29) is 24.3 Å². The highest BCUT2D eigenvalue weighted by atomic mass is 16.7. The van der Waals surface area contributed by atoms with E-state index in [0.29, 0.717) is 13.0 Å². The van der Waals surface area contributed by atoms with Crippen molar-refractivity contribution in [2.75, 3.05) is 13.3 Å². The number of benzene rings is 1. The summed E-state index contributed by atoms with van der Waals surface area (Å²) in [5, 5.41) is 10.2. The Morgan fingerprint density at radius 2 is 2.08 bits per heavy atom. The summed E-state index contributed by atoms with van der Waals surface area (Å²) in [4.78, 5) is 14.5. The van der Waals surface area contributed by atoms with Gasteiger partial charge in [0.2, 0.25) is 6.79 Å². The number of carbonyl (C=O) groups is 1. The van der Waals surface area contributed by atoms with E-state index in [9.17, 15) is 9.90 Å². The second-order valence-electron chi connectivity index (χ2n) is 8.21. The maximum absolute atomic E-state index is 12.7. The molecule has 2 heterocycles. The Kier molecular flexibility index (Phi) is 3.91. The predicted octanol–water partition coefficient (Wildman–Crippen LogP) is 2.98. The van der Waals surface area contributed by atoms with Crippen LogP contribution in [0.3, 0.4) is 0 Å². The lowest BCUT2D eigenvalue weighted by atomic mass is 9.69. The van der Waals surface area contributed by atoms with Gasteiger partial charge in [0.1, 0.15) is 5.60 Å². The number of likely N-dealkylation sites (tertiary alicyclic amines) is 1. The van der Waals surface area contributed by atoms with Crippen LogP contribution in [0.5, 0.6) is 11.5 Å². The number of carbonyl (C=O) groups excluding carboxylic acids is 1. The lowest BCUT2D eigenvalue weighted by Gasteiger charge is -2.40. The number of aliphatic hydroxyl groups excluding tert-OH is 1. The van der Waals surface area contributed by atoms with Gasteiger partial charge in [-0.05, 0) is 51.3 Å². The van der Waals surface area contributed by atoms with Gasteiger partial charge in [-0.25, -0.2) is 4.79 Å². The first kappa shape index (κ1) is 17.2. The molecule has 0 spiro atoms. The maximum Gasteiger partial charge on any atom is 0.410 e. The molecule has 26 heavy (non-hydrogen) atoms. The number of nitrogens with zero attached hydrogens (tertiary/aromatic N) is 1. The lowest BCUT2D eigenvalue weighted by molar-refractivity contribution is 0.0157. The predicted molar refractivity (Wildman–Crippen MR) is 95.4 cm³/mol. The van der Waals surface area contributed by atoms with E-state index in [2.05, 4.69) is 0 Å². The Bertz CT molecular complexity index is 753. The molecule has 6 heteroatoms. The van der Waals surface area contributed by atoms with Gasteiger partial charge in [-0.2, -0.15) is 0 Å². The van der Waals surface area contributed by atoms with Crippen molar-refractivity contribution < 1.29 is 24.1 Å². The Labute approximate surface area is 153 Å². The molecule has 1 saturated heterocycles. The van der Waals surface area contributed by atoms with E-state index in [1.165, 1.54) is 0 Å². The van der Waals surface area contributed by atoms with Crippen molar-refractivity contribution in [2.24, 2.45) is 0 Å². The number of ether oxygens (including phenoxy) is 3. The molecule has 6 nitrogen and oxygen atoms in total. The van der Waals surface area contributed by atoms with Crippen LogP contribution in [0.15, 0.2) is 30.4 Å². The summed E-state index contributed by atoms with van der Waals surface area (Å²) in [6.45, 7) is 6.41. The fourth-order valence-corrected chi connectivity index (χ4v) is 4.19. The van der Waals surface area contributed by atoms with Crippen LogP contribution in [-0.4, -0.2) is 47.2 Å². The molecule has 1 aromatic rings. The first-order valence-corrected chi connectivity index (χ1v) is 9.06. The van der Waals surface area contributed by atoms with Crippen molar-refractivity contribution in [1.82, 2.24) is 4.90 Å². The third-order valence-corrected chi connectivity index (χ3v) is 5.36. The summed E-state index contributed by atoms with van der Waals surface area (Å²) < 4.78 is 16.5. The van der Waals surface area contributed by atoms with Crippen molar-refractivity contribution in [2.45, 2.75) is 56.8 Å². The van der Waals surface area contributed by atoms with Gasteiger partial charge in [0.15, 0.2) is 11.5 Å². The highest BCUT2D eigenvalue weighted by molar-refractivity contribution is 5.70. The Morgan fingerprint density at radius 1 is 1.31 bits per heavy atom. The summed E-state index contributed by atoms with van der Waals surface area (Å²) in [5.74, 6) is 1.47. The fourth-order valence-electron chi connectivity index (χ4n) is 4.19. The van der Waals surface area contributed by atoms with E-state index in [0.717, 1.165) is 23.5 Å². The van der Waals surface area contributed by atoms with E-state index in [1.807, 2.05) is 51.1 Å². The van der Waals surface area contributed by atoms with Crippen LogP contribution < -0.4 is 9.47 Å². The molecule has 1 fully saturated rings. The minimum absolute atomic E-state index is 0.155. The number of rotatable bonds is 1. The zero-order chi connectivity index (χ0) is 18.5. The Morgan fingerprint density at radius 3 is 2.85 bits per heavy atom. The monoisotopic (exact) mass is 359 g/mol. The van der Waals surface area contributed by atoms with E-state index >= 15 is 0 Å². The molecule has 0 unspecified atom stereocenters. The van der Waals surface area contributed by atoms with E-state index < -0.39 is 11.7 Å². The zero-order valence-electron chi connectivity index (χ0n) is 15.4. The molecule has 1 N–H and O–H groups in total. The number of hydrogen-bond donors (Lipinski definition) is 1. The summed E-state index contributed by atoms with van der Waals surface area (Å²) in [7, 11) is 0. The molecule has 0 saturated carbocycles. The summed E-state index contributed by atoms with van der Waals surface area (Å²) >= 11 is 0. The molecule has 3 atom stereocenters. The molecule has 1 aromatic carbocycles. The fraction of sp³-hybridized carbons (Fsp3) is 0.550. The van der Waals surface area contributed by atoms with Gasteiger partial charge >= 0.3 is 6.09 Å². The standard InChI is InChI=1S/C20H25NO5/c1-19(2,3)26-18(23)21-9-8-20(7-6-14(22)11-17(20)21)13-4-5-15-16(10-13)25-12-24-15/h4-7,10,14,17,22H,8-9,11-12H2,1-3H3/t14-,17+,20+/m1/s1. The molecule has 4 rings (SSSR count). The number of hydrogen-bond acceptors (Lipinski definition) is 5. The van der Waals surface area contributed by atoms with Gasteiger partial charge in [-0.15, -0.1) is 0 Å². The van der Waals surface area contributed by atoms with Crippen molar-refractivity contribution >= 4 is 6.09 Å². The Balaban J connectivity index is 1.69. The lowest BCUT2D eigenvalue weighted by Crippen LogP contribution is -2.49. The maximum atomic E-state index is 12.7. The first-order chi connectivity index (χ1) is 12.3. The van der Waals surface area contributed by atoms with Crippen molar-refractivity contribution in [3.63, 3.8) is 0 Å². The van der Waals surface area contributed by atoms with Gasteiger partial charge in [-0.1, -0.05) is 18.2 Å². The van der Waals surface area contributed by atoms with Gasteiger partial charge < -0.3 is 24.2 Å². The average molecular weight is 359 g/mol. The Hall–Kier alpha value is -2.21. The van der Waals surface area contributed by atoms with Gasteiger partial charge in [0, 0.05) is 12.0 Å². The largest absolute Gasteiger partial charge is 0.454 e. The van der Waals surface area contributed by atoms with Crippen LogP contribution in [0, 0.1) is 0 Å². The summed E-state index contributed by atoms with van der Waals surface area (Å²) in [6, 6.07) is 5.79. The molecule has 1 amide bonds. The second kappa shape index (κ2) is 5.91. The highest BCUT2D eigenvalue weighted by Crippen LogP contribution is 2.48. The number of aliphatic hydroxyl groups is 1.